The maximum absolute atomic E-state index is 4.61. The van der Waals surface area contributed by atoms with Gasteiger partial charge in [-0.3, -0.25) is 0 Å². The third kappa shape index (κ3) is 3.22. The number of hydrogen-bond donors (Lipinski definition) is 4. The van der Waals surface area contributed by atoms with Crippen molar-refractivity contribution in [3.05, 3.63) is 60.4 Å². The van der Waals surface area contributed by atoms with Gasteiger partial charge in [0.1, 0.15) is 11.6 Å². The standard InChI is InChI=1S/C24H26N6/c1-3-19(25-9-1)23-27-13-21(29-23)17-7-5-16-12-18(8-6-15(16)11-17)22-14-28-24(30-22)20-4-2-10-26-20/h5-8,11-14,19-20,25-26H,1-4,9-10H2,(H,27,29)(H,28,30). The molecule has 2 aliphatic heterocycles. The van der Waals surface area contributed by atoms with Crippen LogP contribution in [0.1, 0.15) is 49.4 Å². The Morgan fingerprint density at radius 2 is 1.17 bits per heavy atom. The van der Waals surface area contributed by atoms with Crippen molar-refractivity contribution in [1.82, 2.24) is 30.6 Å². The summed E-state index contributed by atoms with van der Waals surface area (Å²) >= 11 is 0. The van der Waals surface area contributed by atoms with Crippen LogP contribution >= 0.6 is 0 Å². The normalized spacial score (nSPS) is 21.6. The van der Waals surface area contributed by atoms with Crippen LogP contribution in [0.25, 0.3) is 33.3 Å². The molecule has 6 rings (SSSR count). The minimum atomic E-state index is 0.362. The van der Waals surface area contributed by atoms with E-state index < -0.39 is 0 Å². The minimum absolute atomic E-state index is 0.362. The first-order valence-corrected chi connectivity index (χ1v) is 10.9. The Labute approximate surface area is 175 Å². The number of hydrogen-bond acceptors (Lipinski definition) is 4. The van der Waals surface area contributed by atoms with Gasteiger partial charge in [0.05, 0.1) is 35.9 Å². The Balaban J connectivity index is 1.27. The molecule has 2 saturated heterocycles. The molecule has 2 aromatic heterocycles. The highest BCUT2D eigenvalue weighted by molar-refractivity contribution is 5.90. The lowest BCUT2D eigenvalue weighted by atomic mass is 10.0. The van der Waals surface area contributed by atoms with E-state index in [2.05, 4.69) is 67.0 Å². The van der Waals surface area contributed by atoms with Crippen molar-refractivity contribution in [3.8, 4) is 22.5 Å². The zero-order chi connectivity index (χ0) is 19.9. The highest BCUT2D eigenvalue weighted by Gasteiger charge is 2.20. The van der Waals surface area contributed by atoms with Crippen molar-refractivity contribution < 1.29 is 0 Å². The van der Waals surface area contributed by atoms with Gasteiger partial charge in [-0.05, 0) is 61.7 Å². The number of rotatable bonds is 4. The van der Waals surface area contributed by atoms with Gasteiger partial charge < -0.3 is 20.6 Å². The van der Waals surface area contributed by atoms with Gasteiger partial charge >= 0.3 is 0 Å². The van der Waals surface area contributed by atoms with Crippen LogP contribution in [-0.2, 0) is 0 Å². The number of aromatic amines is 2. The summed E-state index contributed by atoms with van der Waals surface area (Å²) in [5, 5.41) is 9.46. The minimum Gasteiger partial charge on any atom is -0.341 e. The van der Waals surface area contributed by atoms with Crippen LogP contribution in [0.2, 0.25) is 0 Å². The highest BCUT2D eigenvalue weighted by Crippen LogP contribution is 2.30. The number of imidazole rings is 2. The number of nitrogens with zero attached hydrogens (tertiary/aromatic N) is 2. The second-order valence-electron chi connectivity index (χ2n) is 8.44. The maximum Gasteiger partial charge on any atom is 0.123 e. The lowest BCUT2D eigenvalue weighted by molar-refractivity contribution is 0.613. The number of aromatic nitrogens is 4. The topological polar surface area (TPSA) is 81.4 Å². The number of fused-ring (bicyclic) bond motifs is 1. The van der Waals surface area contributed by atoms with Crippen LogP contribution in [0.3, 0.4) is 0 Å². The molecule has 2 atom stereocenters. The van der Waals surface area contributed by atoms with E-state index in [-0.39, 0.29) is 0 Å². The SMILES string of the molecule is c1cc2cc(-c3cnc(C4CCCN4)[nH]3)ccc2cc1-c1cnc(C2CCCN2)[nH]1. The summed E-state index contributed by atoms with van der Waals surface area (Å²) in [4.78, 5) is 16.2. The van der Waals surface area contributed by atoms with Gasteiger partial charge in [-0.15, -0.1) is 0 Å². The quantitative estimate of drug-likeness (QED) is 0.409. The molecule has 0 radical (unpaired) electrons. The van der Waals surface area contributed by atoms with Crippen molar-refractivity contribution in [2.24, 2.45) is 0 Å². The zero-order valence-electron chi connectivity index (χ0n) is 16.9. The van der Waals surface area contributed by atoms with E-state index in [1.54, 1.807) is 0 Å². The predicted molar refractivity (Wildman–Crippen MR) is 119 cm³/mol. The van der Waals surface area contributed by atoms with Gasteiger partial charge in [0.2, 0.25) is 0 Å². The third-order valence-corrected chi connectivity index (χ3v) is 6.43. The summed E-state index contributed by atoms with van der Waals surface area (Å²) in [6.45, 7) is 2.15. The van der Waals surface area contributed by atoms with E-state index in [0.29, 0.717) is 12.1 Å². The molecule has 2 aromatic carbocycles. The van der Waals surface area contributed by atoms with Crippen LogP contribution in [0, 0.1) is 0 Å². The molecule has 2 fully saturated rings. The molecule has 2 aliphatic rings. The summed E-state index contributed by atoms with van der Waals surface area (Å²) in [5.41, 5.74) is 4.49. The first kappa shape index (κ1) is 17.9. The van der Waals surface area contributed by atoms with Gasteiger partial charge in [-0.1, -0.05) is 24.3 Å². The lowest BCUT2D eigenvalue weighted by Gasteiger charge is -2.07. The summed E-state index contributed by atoms with van der Waals surface area (Å²) in [5.74, 6) is 2.09. The molecular formula is C24H26N6. The van der Waals surface area contributed by atoms with Gasteiger partial charge in [-0.25, -0.2) is 9.97 Å². The zero-order valence-corrected chi connectivity index (χ0v) is 16.9. The van der Waals surface area contributed by atoms with E-state index in [9.17, 15) is 0 Å². The summed E-state index contributed by atoms with van der Waals surface area (Å²) in [7, 11) is 0. The van der Waals surface area contributed by atoms with E-state index in [1.807, 2.05) is 12.4 Å². The van der Waals surface area contributed by atoms with Crippen molar-refractivity contribution in [3.63, 3.8) is 0 Å². The molecule has 0 aliphatic carbocycles. The Bertz CT molecular complexity index is 1080. The number of H-pyrrole nitrogens is 2. The monoisotopic (exact) mass is 398 g/mol. The van der Waals surface area contributed by atoms with E-state index in [1.165, 1.54) is 34.7 Å². The summed E-state index contributed by atoms with van der Waals surface area (Å²) in [6, 6.07) is 13.9. The lowest BCUT2D eigenvalue weighted by Crippen LogP contribution is -2.14. The Kier molecular flexibility index (Phi) is 4.39. The second-order valence-corrected chi connectivity index (χ2v) is 8.44. The largest absolute Gasteiger partial charge is 0.341 e. The molecule has 30 heavy (non-hydrogen) atoms. The van der Waals surface area contributed by atoms with Crippen molar-refractivity contribution in [2.75, 3.05) is 13.1 Å². The molecule has 152 valence electrons. The second kappa shape index (κ2) is 7.38. The Hall–Kier alpha value is -2.96. The highest BCUT2D eigenvalue weighted by atomic mass is 15.0. The summed E-state index contributed by atoms with van der Waals surface area (Å²) < 4.78 is 0. The molecule has 0 amide bonds. The van der Waals surface area contributed by atoms with Gasteiger partial charge in [-0.2, -0.15) is 0 Å². The molecule has 6 heteroatoms. The fourth-order valence-electron chi connectivity index (χ4n) is 4.74. The average Bonchev–Trinajstić information content (AvgIpc) is 3.58. The van der Waals surface area contributed by atoms with Gasteiger partial charge in [0.25, 0.3) is 0 Å². The summed E-state index contributed by atoms with van der Waals surface area (Å²) in [6.07, 6.45) is 8.64. The van der Waals surface area contributed by atoms with Crippen molar-refractivity contribution in [2.45, 2.75) is 37.8 Å². The van der Waals surface area contributed by atoms with Crippen LogP contribution in [0.4, 0.5) is 0 Å². The Morgan fingerprint density at radius 3 is 1.60 bits per heavy atom. The van der Waals surface area contributed by atoms with E-state index in [0.717, 1.165) is 49.0 Å². The van der Waals surface area contributed by atoms with Crippen LogP contribution in [0.5, 0.6) is 0 Å². The van der Waals surface area contributed by atoms with E-state index in [4.69, 9.17) is 0 Å². The van der Waals surface area contributed by atoms with Crippen LogP contribution in [-0.4, -0.2) is 33.0 Å². The predicted octanol–water partition coefficient (Wildman–Crippen LogP) is 4.47. The molecule has 4 N–H and O–H groups in total. The molecule has 6 nitrogen and oxygen atoms in total. The molecule has 0 saturated carbocycles. The molecule has 0 bridgehead atoms. The molecular weight excluding hydrogens is 372 g/mol. The van der Waals surface area contributed by atoms with Gasteiger partial charge in [0, 0.05) is 11.1 Å². The number of nitrogens with one attached hydrogen (secondary N) is 4. The average molecular weight is 399 g/mol. The third-order valence-electron chi connectivity index (χ3n) is 6.43. The van der Waals surface area contributed by atoms with Crippen molar-refractivity contribution in [1.29, 1.82) is 0 Å². The van der Waals surface area contributed by atoms with E-state index >= 15 is 0 Å². The fourth-order valence-corrected chi connectivity index (χ4v) is 4.74. The first-order valence-electron chi connectivity index (χ1n) is 10.9. The Morgan fingerprint density at radius 1 is 0.667 bits per heavy atom. The van der Waals surface area contributed by atoms with Crippen molar-refractivity contribution >= 4 is 10.8 Å². The fraction of sp³-hybridized carbons (Fsp3) is 0.333. The molecule has 4 aromatic rings. The number of benzene rings is 2. The molecule has 0 spiro atoms. The molecule has 4 heterocycles. The van der Waals surface area contributed by atoms with Crippen LogP contribution < -0.4 is 10.6 Å². The molecule has 2 unspecified atom stereocenters. The van der Waals surface area contributed by atoms with Crippen LogP contribution in [0.15, 0.2) is 48.8 Å². The smallest absolute Gasteiger partial charge is 0.123 e. The maximum atomic E-state index is 4.61. The first-order chi connectivity index (χ1) is 14.8. The van der Waals surface area contributed by atoms with Gasteiger partial charge in [0.15, 0.2) is 0 Å².